The van der Waals surface area contributed by atoms with Gasteiger partial charge in [-0.25, -0.2) is 4.98 Å². The van der Waals surface area contributed by atoms with Gasteiger partial charge in [0, 0.05) is 25.6 Å². The number of carboxylic acid groups (broad SMARTS) is 1. The van der Waals surface area contributed by atoms with Crippen LogP contribution in [0.3, 0.4) is 0 Å². The number of carbonyl (C=O) groups is 2. The van der Waals surface area contributed by atoms with Crippen LogP contribution in [0.2, 0.25) is 0 Å². The molecule has 1 saturated heterocycles. The predicted octanol–water partition coefficient (Wildman–Crippen LogP) is 2.58. The molecule has 1 aromatic carbocycles. The van der Waals surface area contributed by atoms with Crippen molar-refractivity contribution in [3.63, 3.8) is 0 Å². The van der Waals surface area contributed by atoms with Gasteiger partial charge in [0.25, 0.3) is 0 Å². The van der Waals surface area contributed by atoms with Crippen LogP contribution >= 0.6 is 11.8 Å². The summed E-state index contributed by atoms with van der Waals surface area (Å²) < 4.78 is 2.34. The van der Waals surface area contributed by atoms with Gasteiger partial charge in [0.05, 0.1) is 22.5 Å². The Labute approximate surface area is 151 Å². The van der Waals surface area contributed by atoms with Crippen molar-refractivity contribution in [3.05, 3.63) is 30.1 Å². The highest BCUT2D eigenvalue weighted by molar-refractivity contribution is 8.00. The molecule has 2 heterocycles. The summed E-state index contributed by atoms with van der Waals surface area (Å²) in [5, 5.41) is 8.66. The first kappa shape index (κ1) is 17.8. The number of aryl methyl sites for hydroxylation is 1. The summed E-state index contributed by atoms with van der Waals surface area (Å²) >= 11 is 1.16. The van der Waals surface area contributed by atoms with E-state index >= 15 is 0 Å². The second-order valence-corrected chi connectivity index (χ2v) is 7.22. The van der Waals surface area contributed by atoms with E-state index in [1.54, 1.807) is 0 Å². The van der Waals surface area contributed by atoms with Gasteiger partial charge in [-0.2, -0.15) is 0 Å². The molecule has 25 heavy (non-hydrogen) atoms. The molecule has 6 nitrogen and oxygen atoms in total. The molecule has 1 N–H and O–H groups in total. The molecule has 2 aromatic rings. The van der Waals surface area contributed by atoms with Crippen LogP contribution in [0.25, 0.3) is 11.0 Å². The number of nitrogens with zero attached hydrogens (tertiary/aromatic N) is 3. The van der Waals surface area contributed by atoms with Crippen LogP contribution in [0.4, 0.5) is 0 Å². The highest BCUT2D eigenvalue weighted by Gasteiger charge is 2.26. The number of hydrogen-bond donors (Lipinski definition) is 1. The fourth-order valence-corrected chi connectivity index (χ4v) is 4.08. The van der Waals surface area contributed by atoms with E-state index in [1.165, 1.54) is 5.52 Å². The van der Waals surface area contributed by atoms with Gasteiger partial charge in [0.15, 0.2) is 0 Å². The van der Waals surface area contributed by atoms with Crippen LogP contribution < -0.4 is 0 Å². The Hall–Kier alpha value is -2.02. The van der Waals surface area contributed by atoms with Crippen LogP contribution in [0.15, 0.2) is 24.3 Å². The number of imidazole rings is 1. The summed E-state index contributed by atoms with van der Waals surface area (Å²) in [6, 6.07) is 8.57. The number of amides is 1. The zero-order chi connectivity index (χ0) is 17.8. The summed E-state index contributed by atoms with van der Waals surface area (Å²) in [5.41, 5.74) is 2.20. The highest BCUT2D eigenvalue weighted by atomic mass is 32.2. The molecule has 0 spiro atoms. The number of thioether (sulfide) groups is 1. The fraction of sp³-hybridized carbons (Fsp3) is 0.500. The van der Waals surface area contributed by atoms with E-state index < -0.39 is 5.97 Å². The molecular formula is C18H23N3O3S. The van der Waals surface area contributed by atoms with Crippen molar-refractivity contribution < 1.29 is 14.7 Å². The van der Waals surface area contributed by atoms with Gasteiger partial charge >= 0.3 is 5.97 Å². The molecular weight excluding hydrogens is 338 g/mol. The molecule has 0 saturated carbocycles. The lowest BCUT2D eigenvalue weighted by molar-refractivity contribution is -0.133. The van der Waals surface area contributed by atoms with E-state index in [0.29, 0.717) is 19.1 Å². The number of rotatable bonds is 6. The summed E-state index contributed by atoms with van der Waals surface area (Å²) in [7, 11) is 0. The lowest BCUT2D eigenvalue weighted by Gasteiger charge is -2.33. The maximum atomic E-state index is 12.2. The minimum Gasteiger partial charge on any atom is -0.481 e. The third-order valence-corrected chi connectivity index (χ3v) is 5.52. The van der Waals surface area contributed by atoms with Crippen molar-refractivity contribution in [2.75, 3.05) is 24.6 Å². The van der Waals surface area contributed by atoms with Gasteiger partial charge in [-0.05, 0) is 25.0 Å². The van der Waals surface area contributed by atoms with E-state index in [9.17, 15) is 9.59 Å². The van der Waals surface area contributed by atoms with Gasteiger partial charge in [0.1, 0.15) is 5.82 Å². The SMILES string of the molecule is CCc1nc2ccccc2n1C1CCN(C(=O)CSCC(=O)O)CC1. The zero-order valence-corrected chi connectivity index (χ0v) is 15.2. The first-order chi connectivity index (χ1) is 12.1. The smallest absolute Gasteiger partial charge is 0.313 e. The van der Waals surface area contributed by atoms with Gasteiger partial charge in [0.2, 0.25) is 5.91 Å². The quantitative estimate of drug-likeness (QED) is 0.856. The monoisotopic (exact) mass is 361 g/mol. The van der Waals surface area contributed by atoms with Crippen LogP contribution in [0.1, 0.15) is 31.6 Å². The molecule has 0 bridgehead atoms. The number of aromatic nitrogens is 2. The number of carboxylic acids is 1. The summed E-state index contributed by atoms with van der Waals surface area (Å²) in [4.78, 5) is 29.3. The number of fused-ring (bicyclic) bond motifs is 1. The van der Waals surface area contributed by atoms with Crippen molar-refractivity contribution in [2.45, 2.75) is 32.2 Å². The number of benzene rings is 1. The Kier molecular flexibility index (Phi) is 5.63. The van der Waals surface area contributed by atoms with Gasteiger partial charge in [-0.3, -0.25) is 9.59 Å². The third kappa shape index (κ3) is 3.98. The largest absolute Gasteiger partial charge is 0.481 e. The molecule has 7 heteroatoms. The Morgan fingerprint density at radius 1 is 1.24 bits per heavy atom. The molecule has 134 valence electrons. The lowest BCUT2D eigenvalue weighted by atomic mass is 10.0. The molecule has 1 aliphatic rings. The van der Waals surface area contributed by atoms with Crippen molar-refractivity contribution >= 4 is 34.7 Å². The number of hydrogen-bond acceptors (Lipinski definition) is 4. The Morgan fingerprint density at radius 3 is 2.64 bits per heavy atom. The minimum absolute atomic E-state index is 0.0247. The van der Waals surface area contributed by atoms with Gasteiger partial charge < -0.3 is 14.6 Å². The maximum absolute atomic E-state index is 12.2. The number of piperidine rings is 1. The summed E-state index contributed by atoms with van der Waals surface area (Å²) in [6.07, 6.45) is 2.70. The predicted molar refractivity (Wildman–Crippen MR) is 98.9 cm³/mol. The summed E-state index contributed by atoms with van der Waals surface area (Å²) in [5.74, 6) is 0.475. The Morgan fingerprint density at radius 2 is 1.96 bits per heavy atom. The number of likely N-dealkylation sites (tertiary alicyclic amines) is 1. The van der Waals surface area contributed by atoms with E-state index in [-0.39, 0.29) is 17.4 Å². The molecule has 0 aliphatic carbocycles. The topological polar surface area (TPSA) is 75.4 Å². The van der Waals surface area contributed by atoms with Crippen molar-refractivity contribution in [1.29, 1.82) is 0 Å². The van der Waals surface area contributed by atoms with Crippen molar-refractivity contribution in [1.82, 2.24) is 14.5 Å². The Bertz CT molecular complexity index is 766. The first-order valence-electron chi connectivity index (χ1n) is 8.63. The average Bonchev–Trinajstić information content (AvgIpc) is 3.00. The van der Waals surface area contributed by atoms with Crippen molar-refractivity contribution in [2.24, 2.45) is 0 Å². The van der Waals surface area contributed by atoms with Gasteiger partial charge in [-0.1, -0.05) is 19.1 Å². The molecule has 0 unspecified atom stereocenters. The van der Waals surface area contributed by atoms with E-state index in [1.807, 2.05) is 23.1 Å². The van der Waals surface area contributed by atoms with E-state index in [0.717, 1.165) is 42.4 Å². The van der Waals surface area contributed by atoms with Crippen LogP contribution in [-0.4, -0.2) is 56.0 Å². The summed E-state index contributed by atoms with van der Waals surface area (Å²) in [6.45, 7) is 3.55. The average molecular weight is 361 g/mol. The first-order valence-corrected chi connectivity index (χ1v) is 9.78. The van der Waals surface area contributed by atoms with E-state index in [4.69, 9.17) is 10.1 Å². The van der Waals surface area contributed by atoms with Crippen LogP contribution in [0.5, 0.6) is 0 Å². The number of carbonyl (C=O) groups excluding carboxylic acids is 1. The lowest BCUT2D eigenvalue weighted by Crippen LogP contribution is -2.40. The highest BCUT2D eigenvalue weighted by Crippen LogP contribution is 2.29. The third-order valence-electron chi connectivity index (χ3n) is 4.62. The molecule has 1 aromatic heterocycles. The minimum atomic E-state index is -0.879. The van der Waals surface area contributed by atoms with Crippen LogP contribution in [-0.2, 0) is 16.0 Å². The maximum Gasteiger partial charge on any atom is 0.313 e. The molecule has 0 radical (unpaired) electrons. The Balaban J connectivity index is 1.65. The molecule has 0 atom stereocenters. The standard InChI is InChI=1S/C18H23N3O3S/c1-2-16-19-14-5-3-4-6-15(14)21(16)13-7-9-20(10-8-13)17(22)11-25-12-18(23)24/h3-6,13H,2,7-12H2,1H3,(H,23,24). The number of para-hydroxylation sites is 2. The zero-order valence-electron chi connectivity index (χ0n) is 14.4. The van der Waals surface area contributed by atoms with Crippen LogP contribution in [0, 0.1) is 0 Å². The second-order valence-electron chi connectivity index (χ2n) is 6.24. The molecule has 1 amide bonds. The molecule has 1 aliphatic heterocycles. The normalized spacial score (nSPS) is 15.6. The molecule has 1 fully saturated rings. The van der Waals surface area contributed by atoms with Gasteiger partial charge in [-0.15, -0.1) is 11.8 Å². The van der Waals surface area contributed by atoms with E-state index in [2.05, 4.69) is 17.6 Å². The second kappa shape index (κ2) is 7.91. The fourth-order valence-electron chi connectivity index (χ4n) is 3.44. The van der Waals surface area contributed by atoms with Crippen molar-refractivity contribution in [3.8, 4) is 0 Å². The number of aliphatic carboxylic acids is 1. The molecule has 3 rings (SSSR count).